The monoisotopic (exact) mass is 368 g/mol. The third-order valence-corrected chi connectivity index (χ3v) is 6.12. The third kappa shape index (κ3) is 3.62. The van der Waals surface area contributed by atoms with Crippen LogP contribution >= 0.6 is 11.3 Å². The van der Waals surface area contributed by atoms with Crippen molar-refractivity contribution in [2.45, 2.75) is 45.1 Å². The van der Waals surface area contributed by atoms with Crippen LogP contribution in [0.5, 0.6) is 0 Å². The summed E-state index contributed by atoms with van der Waals surface area (Å²) < 4.78 is 2.27. The zero-order valence-electron chi connectivity index (χ0n) is 15.2. The molecule has 0 N–H and O–H groups in total. The molecule has 4 heterocycles. The Morgan fingerprint density at radius 3 is 2.81 bits per heavy atom. The van der Waals surface area contributed by atoms with Crippen LogP contribution in [0.25, 0.3) is 0 Å². The van der Waals surface area contributed by atoms with E-state index in [2.05, 4.69) is 61.8 Å². The normalized spacial score (nSPS) is 17.8. The summed E-state index contributed by atoms with van der Waals surface area (Å²) in [5, 5.41) is 10.9. The fourth-order valence-corrected chi connectivity index (χ4v) is 4.33. The Balaban J connectivity index is 1.50. The molecule has 4 rings (SSSR count). The first-order chi connectivity index (χ1) is 12.7. The lowest BCUT2D eigenvalue weighted by atomic mass is 9.97. The van der Waals surface area contributed by atoms with Gasteiger partial charge < -0.3 is 9.47 Å². The molecule has 1 aliphatic heterocycles. The topological polar surface area (TPSA) is 59.7 Å². The molecule has 0 spiro atoms. The lowest BCUT2D eigenvalue weighted by Gasteiger charge is -2.32. The number of hydrogen-bond donors (Lipinski definition) is 0. The average molecular weight is 369 g/mol. The zero-order valence-corrected chi connectivity index (χ0v) is 16.1. The highest BCUT2D eigenvalue weighted by Crippen LogP contribution is 2.32. The molecule has 1 fully saturated rings. The summed E-state index contributed by atoms with van der Waals surface area (Å²) in [6.45, 7) is 7.18. The summed E-state index contributed by atoms with van der Waals surface area (Å²) in [4.78, 5) is 11.2. The first kappa shape index (κ1) is 17.1. The molecule has 0 saturated carbocycles. The van der Waals surface area contributed by atoms with E-state index in [0.29, 0.717) is 11.8 Å². The Morgan fingerprint density at radius 2 is 2.04 bits per heavy atom. The summed E-state index contributed by atoms with van der Waals surface area (Å²) in [5.41, 5.74) is 1.25. The molecule has 1 saturated heterocycles. The molecule has 0 aliphatic carbocycles. The van der Waals surface area contributed by atoms with Gasteiger partial charge in [0.2, 0.25) is 5.13 Å². The van der Waals surface area contributed by atoms with Crippen molar-refractivity contribution in [2.75, 3.05) is 18.0 Å². The molecule has 1 unspecified atom stereocenters. The van der Waals surface area contributed by atoms with Crippen molar-refractivity contribution >= 4 is 16.5 Å². The minimum Gasteiger partial charge on any atom is -0.346 e. The summed E-state index contributed by atoms with van der Waals surface area (Å²) in [6, 6.07) is 4.12. The quantitative estimate of drug-likeness (QED) is 0.687. The zero-order chi connectivity index (χ0) is 17.9. The standard InChI is InChI=1S/C19H24N6S/c1-14(2)18-22-23-19(26-18)25-10-3-4-16(13-25)17-21-9-11-24(17)12-15-5-7-20-8-6-15/h5-9,11,14,16H,3-4,10,12-13H2,1-2H3. The van der Waals surface area contributed by atoms with Gasteiger partial charge in [0.05, 0.1) is 0 Å². The Kier molecular flexibility index (Phi) is 4.97. The average Bonchev–Trinajstić information content (AvgIpc) is 3.32. The first-order valence-electron chi connectivity index (χ1n) is 9.19. The van der Waals surface area contributed by atoms with Crippen LogP contribution in [0.3, 0.4) is 0 Å². The summed E-state index contributed by atoms with van der Waals surface area (Å²) in [6.07, 6.45) is 10.0. The van der Waals surface area contributed by atoms with Gasteiger partial charge in [-0.05, 0) is 30.5 Å². The van der Waals surface area contributed by atoms with Gasteiger partial charge in [-0.1, -0.05) is 25.2 Å². The molecule has 3 aromatic heterocycles. The van der Waals surface area contributed by atoms with Gasteiger partial charge >= 0.3 is 0 Å². The maximum atomic E-state index is 4.69. The van der Waals surface area contributed by atoms with E-state index in [1.54, 1.807) is 11.3 Å². The van der Waals surface area contributed by atoms with Crippen molar-refractivity contribution in [3.05, 3.63) is 53.3 Å². The molecule has 0 bridgehead atoms. The van der Waals surface area contributed by atoms with Crippen molar-refractivity contribution in [1.29, 1.82) is 0 Å². The molecule has 6 nitrogen and oxygen atoms in total. The number of nitrogens with zero attached hydrogens (tertiary/aromatic N) is 6. The highest BCUT2D eigenvalue weighted by molar-refractivity contribution is 7.15. The molecular weight excluding hydrogens is 344 g/mol. The first-order valence-corrected chi connectivity index (χ1v) is 10.0. The molecule has 136 valence electrons. The number of piperidine rings is 1. The van der Waals surface area contributed by atoms with E-state index < -0.39 is 0 Å². The minimum atomic E-state index is 0.423. The van der Waals surface area contributed by atoms with Crippen molar-refractivity contribution in [2.24, 2.45) is 0 Å². The lowest BCUT2D eigenvalue weighted by molar-refractivity contribution is 0.475. The number of imidazole rings is 1. The van der Waals surface area contributed by atoms with Gasteiger partial charge in [-0.3, -0.25) is 4.98 Å². The predicted molar refractivity (Wildman–Crippen MR) is 104 cm³/mol. The van der Waals surface area contributed by atoms with Crippen molar-refractivity contribution in [3.8, 4) is 0 Å². The van der Waals surface area contributed by atoms with Crippen LogP contribution in [0.4, 0.5) is 5.13 Å². The van der Waals surface area contributed by atoms with Crippen LogP contribution in [0.1, 0.15) is 54.9 Å². The fraction of sp³-hybridized carbons (Fsp3) is 0.474. The van der Waals surface area contributed by atoms with Crippen LogP contribution < -0.4 is 4.90 Å². The Labute approximate surface area is 157 Å². The minimum absolute atomic E-state index is 0.423. The van der Waals surface area contributed by atoms with Gasteiger partial charge in [0.15, 0.2) is 0 Å². The molecule has 1 aliphatic rings. The maximum Gasteiger partial charge on any atom is 0.208 e. The second-order valence-corrected chi connectivity index (χ2v) is 8.12. The van der Waals surface area contributed by atoms with Gasteiger partial charge in [0.1, 0.15) is 10.8 Å². The number of hydrogen-bond acceptors (Lipinski definition) is 6. The second kappa shape index (κ2) is 7.53. The van der Waals surface area contributed by atoms with Gasteiger partial charge in [0.25, 0.3) is 0 Å². The summed E-state index contributed by atoms with van der Waals surface area (Å²) in [7, 11) is 0. The Bertz CT molecular complexity index is 841. The molecule has 7 heteroatoms. The van der Waals surface area contributed by atoms with Crippen LogP contribution in [0.2, 0.25) is 0 Å². The Hall–Kier alpha value is -2.28. The van der Waals surface area contributed by atoms with Gasteiger partial charge in [0, 0.05) is 56.3 Å². The van der Waals surface area contributed by atoms with Crippen LogP contribution in [0, 0.1) is 0 Å². The van der Waals surface area contributed by atoms with E-state index in [0.717, 1.165) is 36.2 Å². The van der Waals surface area contributed by atoms with E-state index in [4.69, 9.17) is 0 Å². The molecule has 0 radical (unpaired) electrons. The van der Waals surface area contributed by atoms with Crippen LogP contribution in [0.15, 0.2) is 36.9 Å². The highest BCUT2D eigenvalue weighted by Gasteiger charge is 2.27. The summed E-state index contributed by atoms with van der Waals surface area (Å²) in [5.74, 6) is 2.02. The van der Waals surface area contributed by atoms with Crippen molar-refractivity contribution in [3.63, 3.8) is 0 Å². The highest BCUT2D eigenvalue weighted by atomic mass is 32.1. The summed E-state index contributed by atoms with van der Waals surface area (Å²) >= 11 is 1.72. The smallest absolute Gasteiger partial charge is 0.208 e. The largest absolute Gasteiger partial charge is 0.346 e. The van der Waals surface area contributed by atoms with Gasteiger partial charge in [-0.2, -0.15) is 0 Å². The number of anilines is 1. The second-order valence-electron chi connectivity index (χ2n) is 7.13. The van der Waals surface area contributed by atoms with E-state index in [1.807, 2.05) is 18.6 Å². The third-order valence-electron chi connectivity index (χ3n) is 4.83. The molecular formula is C19H24N6S. The van der Waals surface area contributed by atoms with Crippen molar-refractivity contribution < 1.29 is 0 Å². The van der Waals surface area contributed by atoms with Gasteiger partial charge in [-0.25, -0.2) is 4.98 Å². The number of rotatable bonds is 5. The van der Waals surface area contributed by atoms with Gasteiger partial charge in [-0.15, -0.1) is 10.2 Å². The maximum absolute atomic E-state index is 4.69. The van der Waals surface area contributed by atoms with E-state index in [-0.39, 0.29) is 0 Å². The number of pyridine rings is 1. The molecule has 26 heavy (non-hydrogen) atoms. The SMILES string of the molecule is CC(C)c1nnc(N2CCCC(c3nccn3Cc3ccncc3)C2)s1. The molecule has 0 amide bonds. The molecule has 0 aromatic carbocycles. The lowest BCUT2D eigenvalue weighted by Crippen LogP contribution is -2.35. The molecule has 1 atom stereocenters. The van der Waals surface area contributed by atoms with E-state index in [9.17, 15) is 0 Å². The van der Waals surface area contributed by atoms with Crippen molar-refractivity contribution in [1.82, 2.24) is 24.7 Å². The Morgan fingerprint density at radius 1 is 1.19 bits per heavy atom. The fourth-order valence-electron chi connectivity index (χ4n) is 3.45. The number of aromatic nitrogens is 5. The predicted octanol–water partition coefficient (Wildman–Crippen LogP) is 3.69. The van der Waals surface area contributed by atoms with Crippen LogP contribution in [-0.2, 0) is 6.54 Å². The molecule has 3 aromatic rings. The van der Waals surface area contributed by atoms with E-state index >= 15 is 0 Å². The van der Waals surface area contributed by atoms with Crippen LogP contribution in [-0.4, -0.2) is 37.8 Å². The van der Waals surface area contributed by atoms with E-state index in [1.165, 1.54) is 17.8 Å².